The number of aromatic nitrogens is 1. The molecule has 0 radical (unpaired) electrons. The second kappa shape index (κ2) is 4.61. The third-order valence-electron chi connectivity index (χ3n) is 1.89. The van der Waals surface area contributed by atoms with Crippen molar-refractivity contribution in [1.29, 1.82) is 0 Å². The van der Waals surface area contributed by atoms with Crippen LogP contribution < -0.4 is 5.32 Å². The maximum absolute atomic E-state index is 11.7. The molecule has 15 heavy (non-hydrogen) atoms. The highest BCUT2D eigenvalue weighted by Crippen LogP contribution is 2.21. The molecule has 0 aliphatic rings. The van der Waals surface area contributed by atoms with Crippen molar-refractivity contribution in [3.63, 3.8) is 0 Å². The molecule has 1 unspecified atom stereocenters. The predicted molar refractivity (Wildman–Crippen MR) is 66.4 cm³/mol. The number of aryl methyl sites for hydroxylation is 1. The van der Waals surface area contributed by atoms with Gasteiger partial charge in [0, 0.05) is 11.1 Å². The van der Waals surface area contributed by atoms with Crippen LogP contribution in [0.1, 0.15) is 37.5 Å². The number of rotatable bonds is 3. The molecule has 0 saturated carbocycles. The van der Waals surface area contributed by atoms with Gasteiger partial charge in [0.2, 0.25) is 5.91 Å². The van der Waals surface area contributed by atoms with Gasteiger partial charge in [0.05, 0.1) is 10.4 Å². The van der Waals surface area contributed by atoms with Crippen molar-refractivity contribution in [2.75, 3.05) is 0 Å². The van der Waals surface area contributed by atoms with E-state index in [-0.39, 0.29) is 11.9 Å². The van der Waals surface area contributed by atoms with Crippen LogP contribution in [0.2, 0.25) is 0 Å². The smallest absolute Gasteiger partial charge is 0.236 e. The van der Waals surface area contributed by atoms with Gasteiger partial charge in [-0.2, -0.15) is 0 Å². The Labute approximate surface area is 102 Å². The zero-order valence-corrected chi connectivity index (χ0v) is 11.7. The van der Waals surface area contributed by atoms with Gasteiger partial charge >= 0.3 is 0 Å². The molecule has 0 aliphatic heterocycles. The minimum absolute atomic E-state index is 0.0251. The number of alkyl halides is 1. The molecule has 3 nitrogen and oxygen atoms in total. The fourth-order valence-electron chi connectivity index (χ4n) is 1.00. The maximum Gasteiger partial charge on any atom is 0.236 e. The van der Waals surface area contributed by atoms with E-state index in [0.29, 0.717) is 0 Å². The highest BCUT2D eigenvalue weighted by atomic mass is 79.9. The first-order chi connectivity index (χ1) is 6.80. The highest BCUT2D eigenvalue weighted by molar-refractivity contribution is 9.10. The molecule has 0 aromatic carbocycles. The van der Waals surface area contributed by atoms with Crippen molar-refractivity contribution in [3.8, 4) is 0 Å². The van der Waals surface area contributed by atoms with Crippen molar-refractivity contribution >= 4 is 33.2 Å². The lowest BCUT2D eigenvalue weighted by Crippen LogP contribution is -2.38. The summed E-state index contributed by atoms with van der Waals surface area (Å²) in [5.74, 6) is -0.0251. The molecule has 0 spiro atoms. The first-order valence-electron chi connectivity index (χ1n) is 4.72. The van der Waals surface area contributed by atoms with Crippen LogP contribution >= 0.6 is 27.3 Å². The summed E-state index contributed by atoms with van der Waals surface area (Å²) in [5.41, 5.74) is 0.995. The molecule has 1 aromatic heterocycles. The molecular formula is C10H15BrN2OS. The van der Waals surface area contributed by atoms with Crippen molar-refractivity contribution in [2.24, 2.45) is 0 Å². The van der Waals surface area contributed by atoms with Crippen LogP contribution in [0, 0.1) is 6.92 Å². The molecule has 1 heterocycles. The van der Waals surface area contributed by atoms with Crippen molar-refractivity contribution < 1.29 is 4.79 Å². The van der Waals surface area contributed by atoms with Crippen LogP contribution in [-0.2, 0) is 4.79 Å². The summed E-state index contributed by atoms with van der Waals surface area (Å²) in [6.45, 7) is 7.53. The second-order valence-corrected chi connectivity index (χ2v) is 6.87. The van der Waals surface area contributed by atoms with Gasteiger partial charge in [-0.3, -0.25) is 4.79 Å². The number of amides is 1. The number of halogens is 1. The third kappa shape index (κ3) is 3.57. The Morgan fingerprint density at radius 3 is 2.67 bits per heavy atom. The van der Waals surface area contributed by atoms with Crippen LogP contribution in [0.3, 0.4) is 0 Å². The van der Waals surface area contributed by atoms with Crippen LogP contribution in [0.5, 0.6) is 0 Å². The first-order valence-corrected chi connectivity index (χ1v) is 6.40. The number of nitrogens with one attached hydrogen (secondary N) is 1. The van der Waals surface area contributed by atoms with Gasteiger partial charge in [0.1, 0.15) is 5.01 Å². The summed E-state index contributed by atoms with van der Waals surface area (Å²) in [6.07, 6.45) is 0. The third-order valence-corrected chi connectivity index (χ3v) is 3.40. The molecule has 0 bridgehead atoms. The summed E-state index contributed by atoms with van der Waals surface area (Å²) >= 11 is 4.89. The zero-order valence-electron chi connectivity index (χ0n) is 9.30. The fourth-order valence-corrected chi connectivity index (χ4v) is 1.92. The van der Waals surface area contributed by atoms with Gasteiger partial charge in [0.25, 0.3) is 0 Å². The topological polar surface area (TPSA) is 42.0 Å². The largest absolute Gasteiger partial charge is 0.346 e. The fraction of sp³-hybridized carbons (Fsp3) is 0.600. The van der Waals surface area contributed by atoms with E-state index in [1.807, 2.05) is 33.1 Å². The molecule has 1 atom stereocenters. The molecular weight excluding hydrogens is 276 g/mol. The monoisotopic (exact) mass is 290 g/mol. The first kappa shape index (κ1) is 12.6. The van der Waals surface area contributed by atoms with Crippen molar-refractivity contribution in [3.05, 3.63) is 16.1 Å². The molecule has 1 amide bonds. The predicted octanol–water partition coefficient (Wildman–Crippen LogP) is 2.80. The normalized spacial score (nSPS) is 13.7. The SMILES string of the molecule is Cc1csc(C(C)NC(=O)C(C)(C)Br)n1. The number of nitrogens with zero attached hydrogens (tertiary/aromatic N) is 1. The summed E-state index contributed by atoms with van der Waals surface area (Å²) in [4.78, 5) is 16.0. The van der Waals surface area contributed by atoms with Gasteiger partial charge in [-0.05, 0) is 27.7 Å². The Morgan fingerprint density at radius 2 is 2.27 bits per heavy atom. The Hall–Kier alpha value is -0.420. The summed E-state index contributed by atoms with van der Waals surface area (Å²) in [5, 5.41) is 5.84. The van der Waals surface area contributed by atoms with E-state index in [1.54, 1.807) is 11.3 Å². The Balaban J connectivity index is 2.64. The zero-order chi connectivity index (χ0) is 11.6. The van der Waals surface area contributed by atoms with E-state index in [9.17, 15) is 4.79 Å². The molecule has 0 aliphatic carbocycles. The maximum atomic E-state index is 11.7. The summed E-state index contributed by atoms with van der Waals surface area (Å²) < 4.78 is -0.534. The van der Waals surface area contributed by atoms with Gasteiger partial charge in [-0.1, -0.05) is 15.9 Å². The molecule has 1 rings (SSSR count). The number of thiazole rings is 1. The molecule has 84 valence electrons. The second-order valence-electron chi connectivity index (χ2n) is 3.99. The lowest BCUT2D eigenvalue weighted by molar-refractivity contribution is -0.123. The lowest BCUT2D eigenvalue weighted by atomic mass is 10.2. The molecule has 0 saturated heterocycles. The van der Waals surface area contributed by atoms with Gasteiger partial charge in [-0.25, -0.2) is 4.98 Å². The van der Waals surface area contributed by atoms with Crippen LogP contribution in [0.15, 0.2) is 5.38 Å². The van der Waals surface area contributed by atoms with E-state index < -0.39 is 4.32 Å². The van der Waals surface area contributed by atoms with E-state index in [4.69, 9.17) is 0 Å². The van der Waals surface area contributed by atoms with Crippen LogP contribution in [0.25, 0.3) is 0 Å². The average Bonchev–Trinajstić information content (AvgIpc) is 2.50. The number of hydrogen-bond donors (Lipinski definition) is 1. The highest BCUT2D eigenvalue weighted by Gasteiger charge is 2.25. The van der Waals surface area contributed by atoms with Crippen molar-refractivity contribution in [1.82, 2.24) is 10.3 Å². The number of hydrogen-bond acceptors (Lipinski definition) is 3. The molecule has 0 fully saturated rings. The summed E-state index contributed by atoms with van der Waals surface area (Å²) in [6, 6.07) is -0.0342. The lowest BCUT2D eigenvalue weighted by Gasteiger charge is -2.19. The van der Waals surface area contributed by atoms with Gasteiger partial charge < -0.3 is 5.32 Å². The summed E-state index contributed by atoms with van der Waals surface area (Å²) in [7, 11) is 0. The molecule has 5 heteroatoms. The molecule has 1 N–H and O–H groups in total. The Kier molecular flexibility index (Phi) is 3.89. The van der Waals surface area contributed by atoms with Crippen molar-refractivity contribution in [2.45, 2.75) is 38.1 Å². The minimum atomic E-state index is -0.534. The van der Waals surface area contributed by atoms with Crippen LogP contribution in [0.4, 0.5) is 0 Å². The Morgan fingerprint density at radius 1 is 1.67 bits per heavy atom. The van der Waals surface area contributed by atoms with E-state index in [2.05, 4.69) is 26.2 Å². The quantitative estimate of drug-likeness (QED) is 0.870. The van der Waals surface area contributed by atoms with E-state index in [0.717, 1.165) is 10.7 Å². The number of carbonyl (C=O) groups is 1. The standard InChI is InChI=1S/C10H15BrN2OS/c1-6-5-15-8(12-6)7(2)13-9(14)10(3,4)11/h5,7H,1-4H3,(H,13,14). The Bertz CT molecular complexity index is 357. The number of carbonyl (C=O) groups excluding carboxylic acids is 1. The minimum Gasteiger partial charge on any atom is -0.346 e. The van der Waals surface area contributed by atoms with Crippen LogP contribution in [-0.4, -0.2) is 15.2 Å². The van der Waals surface area contributed by atoms with E-state index >= 15 is 0 Å². The van der Waals surface area contributed by atoms with Gasteiger partial charge in [0.15, 0.2) is 0 Å². The molecule has 1 aromatic rings. The average molecular weight is 291 g/mol. The van der Waals surface area contributed by atoms with E-state index in [1.165, 1.54) is 0 Å². The van der Waals surface area contributed by atoms with Gasteiger partial charge in [-0.15, -0.1) is 11.3 Å².